The summed E-state index contributed by atoms with van der Waals surface area (Å²) in [6, 6.07) is 7.19. The fraction of sp³-hybridized carbons (Fsp3) is 0.0909. The lowest BCUT2D eigenvalue weighted by Crippen LogP contribution is -1.95. The van der Waals surface area contributed by atoms with E-state index in [0.717, 1.165) is 6.07 Å². The number of benzene rings is 3. The Kier molecular flexibility index (Phi) is 5.27. The molecule has 27 heavy (non-hydrogen) atoms. The van der Waals surface area contributed by atoms with E-state index < -0.39 is 34.6 Å². The molecule has 3 rings (SSSR count). The van der Waals surface area contributed by atoms with Gasteiger partial charge in [0.1, 0.15) is 11.6 Å². The Labute approximate surface area is 152 Å². The molecular weight excluding hydrogens is 359 g/mol. The standard InChI is InChI=1S/C22H13F5/c1-2-3-4-14-10-18(23)17(19(24)11-14)8-6-13-5-7-16-15(9-13)12-20(25)22(27)21(16)26/h2,5,7,9-12H,1,3-4H2. The number of fused-ring (bicyclic) bond motifs is 1. The molecule has 5 heteroatoms. The molecule has 0 aliphatic rings. The maximum absolute atomic E-state index is 14.1. The fourth-order valence-electron chi connectivity index (χ4n) is 2.68. The SMILES string of the molecule is C=CCCc1cc(F)c(C#Cc2ccc3c(F)c(F)c(F)cc3c2)c(F)c1. The summed E-state index contributed by atoms with van der Waals surface area (Å²) in [5.74, 6) is -0.780. The van der Waals surface area contributed by atoms with Crippen LogP contribution in [0.2, 0.25) is 0 Å². The first kappa shape index (κ1) is 18.7. The first-order valence-corrected chi connectivity index (χ1v) is 8.09. The van der Waals surface area contributed by atoms with Gasteiger partial charge >= 0.3 is 0 Å². The molecule has 0 nitrogen and oxygen atoms in total. The monoisotopic (exact) mass is 372 g/mol. The second-order valence-corrected chi connectivity index (χ2v) is 5.93. The molecule has 0 bridgehead atoms. The molecule has 3 aromatic carbocycles. The largest absolute Gasteiger partial charge is 0.206 e. The first-order chi connectivity index (χ1) is 12.9. The van der Waals surface area contributed by atoms with E-state index >= 15 is 0 Å². The molecule has 0 aliphatic heterocycles. The summed E-state index contributed by atoms with van der Waals surface area (Å²) in [5.41, 5.74) is 0.380. The van der Waals surface area contributed by atoms with Gasteiger partial charge in [0.25, 0.3) is 0 Å². The summed E-state index contributed by atoms with van der Waals surface area (Å²) in [5, 5.41) is -0.0118. The van der Waals surface area contributed by atoms with Crippen molar-refractivity contribution in [3.05, 3.63) is 94.8 Å². The van der Waals surface area contributed by atoms with Crippen molar-refractivity contribution in [1.82, 2.24) is 0 Å². The van der Waals surface area contributed by atoms with Crippen LogP contribution in [-0.2, 0) is 6.42 Å². The molecule has 0 saturated heterocycles. The summed E-state index contributed by atoms with van der Waals surface area (Å²) in [6.07, 6.45) is 2.71. The van der Waals surface area contributed by atoms with Crippen LogP contribution in [0.4, 0.5) is 22.0 Å². The highest BCUT2D eigenvalue weighted by Crippen LogP contribution is 2.24. The lowest BCUT2D eigenvalue weighted by Gasteiger charge is -2.04. The van der Waals surface area contributed by atoms with Crippen LogP contribution < -0.4 is 0 Å². The van der Waals surface area contributed by atoms with Crippen LogP contribution in [0.25, 0.3) is 10.8 Å². The van der Waals surface area contributed by atoms with E-state index in [4.69, 9.17) is 0 Å². The van der Waals surface area contributed by atoms with Gasteiger partial charge in [-0.15, -0.1) is 6.58 Å². The van der Waals surface area contributed by atoms with Crippen molar-refractivity contribution in [2.75, 3.05) is 0 Å². The molecule has 0 atom stereocenters. The van der Waals surface area contributed by atoms with Crippen LogP contribution in [0.1, 0.15) is 23.1 Å². The van der Waals surface area contributed by atoms with E-state index in [0.29, 0.717) is 18.4 Å². The van der Waals surface area contributed by atoms with Gasteiger partial charge in [0.2, 0.25) is 0 Å². The average molecular weight is 372 g/mol. The predicted molar refractivity (Wildman–Crippen MR) is 94.7 cm³/mol. The molecule has 0 N–H and O–H groups in total. The Hall–Kier alpha value is -3.13. The maximum Gasteiger partial charge on any atom is 0.195 e. The Morgan fingerprint density at radius 2 is 1.52 bits per heavy atom. The van der Waals surface area contributed by atoms with Crippen LogP contribution in [0.15, 0.2) is 49.1 Å². The van der Waals surface area contributed by atoms with Crippen molar-refractivity contribution in [3.8, 4) is 11.8 Å². The van der Waals surface area contributed by atoms with Gasteiger partial charge in [-0.2, -0.15) is 0 Å². The van der Waals surface area contributed by atoms with Crippen LogP contribution in [0, 0.1) is 40.9 Å². The maximum atomic E-state index is 14.1. The summed E-state index contributed by atoms with van der Waals surface area (Å²) >= 11 is 0. The topological polar surface area (TPSA) is 0 Å². The van der Waals surface area contributed by atoms with Gasteiger partial charge < -0.3 is 0 Å². The van der Waals surface area contributed by atoms with Crippen molar-refractivity contribution in [1.29, 1.82) is 0 Å². The van der Waals surface area contributed by atoms with Crippen molar-refractivity contribution in [2.24, 2.45) is 0 Å². The lowest BCUT2D eigenvalue weighted by molar-refractivity contribution is 0.453. The van der Waals surface area contributed by atoms with Crippen LogP contribution in [0.5, 0.6) is 0 Å². The summed E-state index contributed by atoms with van der Waals surface area (Å²) in [7, 11) is 0. The van der Waals surface area contributed by atoms with Crippen molar-refractivity contribution in [3.63, 3.8) is 0 Å². The molecule has 0 amide bonds. The van der Waals surface area contributed by atoms with Gasteiger partial charge in [-0.3, -0.25) is 0 Å². The highest BCUT2D eigenvalue weighted by atomic mass is 19.2. The van der Waals surface area contributed by atoms with Crippen molar-refractivity contribution >= 4 is 10.8 Å². The van der Waals surface area contributed by atoms with Crippen LogP contribution in [0.3, 0.4) is 0 Å². The Bertz CT molecular complexity index is 1080. The van der Waals surface area contributed by atoms with E-state index in [1.165, 1.54) is 30.3 Å². The Morgan fingerprint density at radius 3 is 2.19 bits per heavy atom. The predicted octanol–water partition coefficient (Wildman–Crippen LogP) is 6.05. The van der Waals surface area contributed by atoms with Gasteiger partial charge in [-0.05, 0) is 54.1 Å². The van der Waals surface area contributed by atoms with Gasteiger partial charge in [0.15, 0.2) is 17.5 Å². The molecule has 136 valence electrons. The number of aryl methyl sites for hydroxylation is 1. The highest BCUT2D eigenvalue weighted by Gasteiger charge is 2.13. The summed E-state index contributed by atoms with van der Waals surface area (Å²) in [4.78, 5) is 0. The van der Waals surface area contributed by atoms with Gasteiger partial charge in [-0.1, -0.05) is 24.0 Å². The molecule has 0 saturated carbocycles. The smallest absolute Gasteiger partial charge is 0.195 e. The summed E-state index contributed by atoms with van der Waals surface area (Å²) < 4.78 is 68.6. The van der Waals surface area contributed by atoms with E-state index in [2.05, 4.69) is 18.4 Å². The first-order valence-electron chi connectivity index (χ1n) is 8.09. The van der Waals surface area contributed by atoms with Gasteiger partial charge in [0.05, 0.1) is 5.56 Å². The highest BCUT2D eigenvalue weighted by molar-refractivity contribution is 5.84. The second-order valence-electron chi connectivity index (χ2n) is 5.93. The minimum absolute atomic E-state index is 0.0962. The molecule has 3 aromatic rings. The van der Waals surface area contributed by atoms with Crippen LogP contribution >= 0.6 is 0 Å². The normalized spacial score (nSPS) is 10.6. The van der Waals surface area contributed by atoms with E-state index in [1.54, 1.807) is 6.08 Å². The molecule has 0 spiro atoms. The second kappa shape index (κ2) is 7.63. The van der Waals surface area contributed by atoms with Crippen molar-refractivity contribution < 1.29 is 22.0 Å². The third kappa shape index (κ3) is 3.85. The Balaban J connectivity index is 1.98. The molecule has 0 unspecified atom stereocenters. The van der Waals surface area contributed by atoms with Crippen LogP contribution in [-0.4, -0.2) is 0 Å². The quantitative estimate of drug-likeness (QED) is 0.227. The number of allylic oxidation sites excluding steroid dienone is 1. The zero-order chi connectivity index (χ0) is 19.6. The zero-order valence-corrected chi connectivity index (χ0v) is 14.1. The van der Waals surface area contributed by atoms with Gasteiger partial charge in [0, 0.05) is 10.9 Å². The average Bonchev–Trinajstić information content (AvgIpc) is 2.63. The number of halogens is 5. The van der Waals surface area contributed by atoms with E-state index in [1.807, 2.05) is 0 Å². The third-order valence-corrected chi connectivity index (χ3v) is 4.04. The fourth-order valence-corrected chi connectivity index (χ4v) is 2.68. The molecule has 0 aliphatic carbocycles. The minimum Gasteiger partial charge on any atom is -0.206 e. The summed E-state index contributed by atoms with van der Waals surface area (Å²) in [6.45, 7) is 3.56. The van der Waals surface area contributed by atoms with E-state index in [9.17, 15) is 22.0 Å². The van der Waals surface area contributed by atoms with Gasteiger partial charge in [-0.25, -0.2) is 22.0 Å². The Morgan fingerprint density at radius 1 is 0.815 bits per heavy atom. The molecule has 0 radical (unpaired) electrons. The zero-order valence-electron chi connectivity index (χ0n) is 14.1. The molecule has 0 heterocycles. The molecular formula is C22H13F5. The minimum atomic E-state index is -1.55. The molecule has 0 fully saturated rings. The third-order valence-electron chi connectivity index (χ3n) is 4.04. The van der Waals surface area contributed by atoms with E-state index in [-0.39, 0.29) is 16.3 Å². The lowest BCUT2D eigenvalue weighted by atomic mass is 10.0. The number of rotatable bonds is 3. The number of hydrogen-bond donors (Lipinski definition) is 0. The van der Waals surface area contributed by atoms with Crippen molar-refractivity contribution in [2.45, 2.75) is 12.8 Å². The number of hydrogen-bond acceptors (Lipinski definition) is 0. The molecule has 0 aromatic heterocycles.